The standard InChI is InChI=1S/C14H18O2/c1-3-4-9-16-14-7-5-13(6-8-14)10-12(2)11-15/h5-8,12,15H,9-11H2,1-2H3/t12-/m0/s1. The highest BCUT2D eigenvalue weighted by atomic mass is 16.5. The fourth-order valence-corrected chi connectivity index (χ4v) is 1.38. The minimum absolute atomic E-state index is 0.227. The van der Waals surface area contributed by atoms with Crippen LogP contribution in [-0.4, -0.2) is 18.3 Å². The molecule has 0 fully saturated rings. The molecule has 1 aromatic carbocycles. The number of hydrogen-bond donors (Lipinski definition) is 1. The van der Waals surface area contributed by atoms with Gasteiger partial charge in [0.15, 0.2) is 0 Å². The Bertz CT molecular complexity index is 357. The molecule has 0 unspecified atom stereocenters. The molecule has 0 aromatic heterocycles. The monoisotopic (exact) mass is 218 g/mol. The van der Waals surface area contributed by atoms with Gasteiger partial charge in [0.25, 0.3) is 0 Å². The van der Waals surface area contributed by atoms with Gasteiger partial charge in [0.1, 0.15) is 12.4 Å². The zero-order chi connectivity index (χ0) is 11.8. The highest BCUT2D eigenvalue weighted by Gasteiger charge is 2.01. The Hall–Kier alpha value is -1.46. The third-order valence-corrected chi connectivity index (χ3v) is 2.31. The summed E-state index contributed by atoms with van der Waals surface area (Å²) in [5.41, 5.74) is 1.22. The van der Waals surface area contributed by atoms with E-state index >= 15 is 0 Å². The van der Waals surface area contributed by atoms with Crippen LogP contribution in [0.1, 0.15) is 19.4 Å². The molecule has 0 radical (unpaired) electrons. The van der Waals surface area contributed by atoms with Crippen molar-refractivity contribution in [3.05, 3.63) is 29.8 Å². The van der Waals surface area contributed by atoms with Crippen LogP contribution in [0.3, 0.4) is 0 Å². The Labute approximate surface area is 97.3 Å². The Morgan fingerprint density at radius 3 is 2.56 bits per heavy atom. The first-order chi connectivity index (χ1) is 7.76. The van der Waals surface area contributed by atoms with Crippen LogP contribution in [0.15, 0.2) is 24.3 Å². The lowest BCUT2D eigenvalue weighted by atomic mass is 10.0. The molecule has 1 aromatic rings. The van der Waals surface area contributed by atoms with Gasteiger partial charge in [0.05, 0.1) is 0 Å². The van der Waals surface area contributed by atoms with Crippen molar-refractivity contribution in [2.45, 2.75) is 20.3 Å². The summed E-state index contributed by atoms with van der Waals surface area (Å²) in [6, 6.07) is 7.94. The molecule has 0 bridgehead atoms. The molecule has 1 N–H and O–H groups in total. The predicted molar refractivity (Wildman–Crippen MR) is 65.3 cm³/mol. The van der Waals surface area contributed by atoms with E-state index in [0.717, 1.165) is 12.2 Å². The van der Waals surface area contributed by atoms with Crippen molar-refractivity contribution < 1.29 is 9.84 Å². The van der Waals surface area contributed by atoms with Crippen LogP contribution in [0.4, 0.5) is 0 Å². The van der Waals surface area contributed by atoms with Gasteiger partial charge in [-0.2, -0.15) is 0 Å². The maximum atomic E-state index is 8.95. The molecule has 0 spiro atoms. The second-order valence-corrected chi connectivity index (χ2v) is 3.85. The Balaban J connectivity index is 2.49. The molecule has 0 aliphatic rings. The molecule has 1 rings (SSSR count). The fraction of sp³-hybridized carbons (Fsp3) is 0.429. The molecule has 0 heterocycles. The van der Waals surface area contributed by atoms with Crippen LogP contribution in [0.5, 0.6) is 5.75 Å². The maximum absolute atomic E-state index is 8.95. The molecule has 86 valence electrons. The van der Waals surface area contributed by atoms with Gasteiger partial charge in [-0.3, -0.25) is 0 Å². The van der Waals surface area contributed by atoms with Crippen molar-refractivity contribution in [3.8, 4) is 17.6 Å². The van der Waals surface area contributed by atoms with E-state index in [-0.39, 0.29) is 6.61 Å². The minimum Gasteiger partial charge on any atom is -0.481 e. The molecule has 2 heteroatoms. The number of rotatable bonds is 5. The zero-order valence-corrected chi connectivity index (χ0v) is 9.86. The number of aliphatic hydroxyl groups is 1. The Morgan fingerprint density at radius 1 is 1.31 bits per heavy atom. The smallest absolute Gasteiger partial charge is 0.149 e. The SMILES string of the molecule is CC#CCOc1ccc(C[C@H](C)CO)cc1. The second kappa shape index (κ2) is 6.92. The van der Waals surface area contributed by atoms with Crippen molar-refractivity contribution in [2.24, 2.45) is 5.92 Å². The molecular weight excluding hydrogens is 200 g/mol. The summed E-state index contributed by atoms with van der Waals surface area (Å²) in [6.45, 7) is 4.48. The van der Waals surface area contributed by atoms with Gasteiger partial charge in [-0.05, 0) is 37.0 Å². The van der Waals surface area contributed by atoms with E-state index < -0.39 is 0 Å². The van der Waals surface area contributed by atoms with Crippen LogP contribution in [0.2, 0.25) is 0 Å². The lowest BCUT2D eigenvalue weighted by Gasteiger charge is -2.08. The topological polar surface area (TPSA) is 29.5 Å². The van der Waals surface area contributed by atoms with Crippen molar-refractivity contribution in [1.29, 1.82) is 0 Å². The lowest BCUT2D eigenvalue weighted by molar-refractivity contribution is 0.237. The number of benzene rings is 1. The maximum Gasteiger partial charge on any atom is 0.149 e. The molecule has 16 heavy (non-hydrogen) atoms. The van der Waals surface area contributed by atoms with Gasteiger partial charge in [0.2, 0.25) is 0 Å². The molecule has 0 saturated heterocycles. The summed E-state index contributed by atoms with van der Waals surface area (Å²) in [4.78, 5) is 0. The lowest BCUT2D eigenvalue weighted by Crippen LogP contribution is -2.04. The Morgan fingerprint density at radius 2 is 2.00 bits per heavy atom. The summed E-state index contributed by atoms with van der Waals surface area (Å²) < 4.78 is 5.41. The van der Waals surface area contributed by atoms with Crippen molar-refractivity contribution in [3.63, 3.8) is 0 Å². The number of aliphatic hydroxyl groups excluding tert-OH is 1. The molecular formula is C14H18O2. The average Bonchev–Trinajstić information content (AvgIpc) is 2.31. The normalized spacial score (nSPS) is 11.4. The highest BCUT2D eigenvalue weighted by molar-refractivity contribution is 5.27. The largest absolute Gasteiger partial charge is 0.481 e. The van der Waals surface area contributed by atoms with Crippen LogP contribution >= 0.6 is 0 Å². The first-order valence-corrected chi connectivity index (χ1v) is 5.48. The number of hydrogen-bond acceptors (Lipinski definition) is 2. The summed E-state index contributed by atoms with van der Waals surface area (Å²) in [6.07, 6.45) is 0.894. The van der Waals surface area contributed by atoms with Crippen molar-refractivity contribution >= 4 is 0 Å². The van der Waals surface area contributed by atoms with E-state index in [1.165, 1.54) is 5.56 Å². The fourth-order valence-electron chi connectivity index (χ4n) is 1.38. The van der Waals surface area contributed by atoms with Crippen LogP contribution < -0.4 is 4.74 Å². The predicted octanol–water partition coefficient (Wildman–Crippen LogP) is 2.26. The summed E-state index contributed by atoms with van der Waals surface area (Å²) in [5, 5.41) is 8.95. The van der Waals surface area contributed by atoms with Gasteiger partial charge in [-0.15, -0.1) is 5.92 Å². The van der Waals surface area contributed by atoms with E-state index in [1.54, 1.807) is 6.92 Å². The number of ether oxygens (including phenoxy) is 1. The molecule has 2 nitrogen and oxygen atoms in total. The second-order valence-electron chi connectivity index (χ2n) is 3.85. The van der Waals surface area contributed by atoms with Crippen LogP contribution in [0, 0.1) is 17.8 Å². The van der Waals surface area contributed by atoms with Crippen LogP contribution in [0.25, 0.3) is 0 Å². The molecule has 1 atom stereocenters. The third kappa shape index (κ3) is 4.37. The molecule has 0 saturated carbocycles. The van der Waals surface area contributed by atoms with E-state index in [0.29, 0.717) is 12.5 Å². The van der Waals surface area contributed by atoms with Gasteiger partial charge in [-0.25, -0.2) is 0 Å². The summed E-state index contributed by atoms with van der Waals surface area (Å²) in [7, 11) is 0. The van der Waals surface area contributed by atoms with Gasteiger partial charge < -0.3 is 9.84 Å². The van der Waals surface area contributed by atoms with E-state index in [2.05, 4.69) is 11.8 Å². The third-order valence-electron chi connectivity index (χ3n) is 2.31. The zero-order valence-electron chi connectivity index (χ0n) is 9.86. The molecule has 0 aliphatic carbocycles. The first kappa shape index (κ1) is 12.6. The quantitative estimate of drug-likeness (QED) is 0.768. The van der Waals surface area contributed by atoms with Gasteiger partial charge in [0, 0.05) is 6.61 Å². The average molecular weight is 218 g/mol. The highest BCUT2D eigenvalue weighted by Crippen LogP contribution is 2.14. The first-order valence-electron chi connectivity index (χ1n) is 5.48. The van der Waals surface area contributed by atoms with Gasteiger partial charge >= 0.3 is 0 Å². The minimum atomic E-state index is 0.227. The van der Waals surface area contributed by atoms with Crippen molar-refractivity contribution in [2.75, 3.05) is 13.2 Å². The molecule has 0 amide bonds. The van der Waals surface area contributed by atoms with Gasteiger partial charge in [-0.1, -0.05) is 25.0 Å². The van der Waals surface area contributed by atoms with E-state index in [9.17, 15) is 0 Å². The van der Waals surface area contributed by atoms with E-state index in [1.807, 2.05) is 31.2 Å². The Kier molecular flexibility index (Phi) is 5.45. The summed E-state index contributed by atoms with van der Waals surface area (Å²) >= 11 is 0. The summed E-state index contributed by atoms with van der Waals surface area (Å²) in [5.74, 6) is 6.77. The van der Waals surface area contributed by atoms with Crippen molar-refractivity contribution in [1.82, 2.24) is 0 Å². The van der Waals surface area contributed by atoms with Crippen LogP contribution in [-0.2, 0) is 6.42 Å². The molecule has 0 aliphatic heterocycles. The van der Waals surface area contributed by atoms with E-state index in [4.69, 9.17) is 9.84 Å².